The van der Waals surface area contributed by atoms with Gasteiger partial charge in [-0.3, -0.25) is 19.2 Å². The summed E-state index contributed by atoms with van der Waals surface area (Å²) < 4.78 is 10.9. The number of para-hydroxylation sites is 2. The normalized spacial score (nSPS) is 11.2. The molecule has 0 saturated carbocycles. The molecule has 16 nitrogen and oxygen atoms in total. The van der Waals surface area contributed by atoms with Crippen molar-refractivity contribution in [3.05, 3.63) is 203 Å². The number of fused-ring (bicyclic) bond motifs is 2. The third-order valence-corrected chi connectivity index (χ3v) is 12.5. The van der Waals surface area contributed by atoms with Crippen LogP contribution in [0.4, 0.5) is 45.5 Å². The lowest BCUT2D eigenvalue weighted by atomic mass is 10.00. The number of aryl methyl sites for hydroxylation is 2. The quantitative estimate of drug-likeness (QED) is 0.0509. The first-order valence-electron chi connectivity index (χ1n) is 24.2. The van der Waals surface area contributed by atoms with Gasteiger partial charge in [0.15, 0.2) is 11.5 Å². The number of methoxy groups -OCH3 is 2. The summed E-state index contributed by atoms with van der Waals surface area (Å²) in [7, 11) is 2.92. The van der Waals surface area contributed by atoms with Crippen molar-refractivity contribution in [2.24, 2.45) is 20.5 Å². The fraction of sp³-hybridized carbons (Fsp3) is 0.100. The van der Waals surface area contributed by atoms with Crippen LogP contribution < -0.4 is 30.7 Å². The van der Waals surface area contributed by atoms with Crippen molar-refractivity contribution in [2.45, 2.75) is 26.7 Å². The summed E-state index contributed by atoms with van der Waals surface area (Å²) in [6.07, 6.45) is 0.872. The predicted octanol–water partition coefficient (Wildman–Crippen LogP) is 14.4. The van der Waals surface area contributed by atoms with Crippen LogP contribution in [0.25, 0.3) is 21.5 Å². The zero-order valence-electron chi connectivity index (χ0n) is 41.7. The zero-order chi connectivity index (χ0) is 53.3. The van der Waals surface area contributed by atoms with Crippen molar-refractivity contribution >= 4 is 90.7 Å². The molecule has 0 aliphatic carbocycles. The molecular weight excluding hydrogens is 961 g/mol. The van der Waals surface area contributed by atoms with Crippen molar-refractivity contribution in [1.82, 2.24) is 0 Å². The first-order valence-corrected chi connectivity index (χ1v) is 24.2. The number of hydrogen-bond acceptors (Lipinski definition) is 12. The van der Waals surface area contributed by atoms with Crippen LogP contribution in [0.1, 0.15) is 66.4 Å². The molecule has 0 unspecified atom stereocenters. The highest BCUT2D eigenvalue weighted by molar-refractivity contribution is 6.14. The molecule has 0 fully saturated rings. The molecule has 0 spiro atoms. The Bertz CT molecular complexity index is 3520. The first kappa shape index (κ1) is 50.7. The average molecular weight is 1010 g/mol. The van der Waals surface area contributed by atoms with E-state index in [2.05, 4.69) is 41.7 Å². The molecule has 16 heteroatoms. The standard InChI is InChI=1S/C60H50N8O8/c1-5-35-31-50(64-60(74)48-30-38-18-14-16-24-44(38)54(56(48)70)68-66-42-26-28-52(76-4)46(34-42)58(72)62-40-21-11-8-12-22-40)36(6-2)32-49(35)63-59(73)47-29-37-17-13-15-23-43(37)53(55(47)69)67-65-41-25-27-51(75-3)45(33-41)57(71)61-39-19-9-7-10-20-39/h7-34,69-70H,5-6H2,1-4H3,(H,61,71)(H,62,72)(H,63,73)(H,64,74). The first-order chi connectivity index (χ1) is 37.0. The Morgan fingerprint density at radius 1 is 0.421 bits per heavy atom. The molecule has 0 radical (unpaired) electrons. The fourth-order valence-electron chi connectivity index (χ4n) is 8.60. The van der Waals surface area contributed by atoms with Gasteiger partial charge in [0.05, 0.1) is 47.8 Å². The van der Waals surface area contributed by atoms with Gasteiger partial charge >= 0.3 is 0 Å². The molecule has 0 bridgehead atoms. The number of carbonyl (C=O) groups excluding carboxylic acids is 4. The number of nitrogens with one attached hydrogen (secondary N) is 4. The molecule has 9 aromatic carbocycles. The number of azo groups is 2. The van der Waals surface area contributed by atoms with E-state index >= 15 is 0 Å². The largest absolute Gasteiger partial charge is 0.505 e. The van der Waals surface area contributed by atoms with Crippen LogP contribution in [0, 0.1) is 0 Å². The smallest absolute Gasteiger partial charge is 0.259 e. The molecule has 378 valence electrons. The minimum absolute atomic E-state index is 0.0393. The summed E-state index contributed by atoms with van der Waals surface area (Å²) >= 11 is 0. The second-order valence-corrected chi connectivity index (χ2v) is 17.3. The Kier molecular flexibility index (Phi) is 15.1. The van der Waals surface area contributed by atoms with Crippen molar-refractivity contribution in [3.8, 4) is 23.0 Å². The summed E-state index contributed by atoms with van der Waals surface area (Å²) in [6, 6.07) is 48.3. The molecule has 0 aliphatic rings. The minimum Gasteiger partial charge on any atom is -0.505 e. The Labute approximate surface area is 436 Å². The lowest BCUT2D eigenvalue weighted by molar-refractivity contribution is 0.101. The molecular formula is C60H50N8O8. The summed E-state index contributed by atoms with van der Waals surface area (Å²) in [4.78, 5) is 55.2. The summed E-state index contributed by atoms with van der Waals surface area (Å²) in [6.45, 7) is 3.80. The number of rotatable bonds is 16. The van der Waals surface area contributed by atoms with Gasteiger partial charge in [-0.25, -0.2) is 0 Å². The van der Waals surface area contributed by atoms with Crippen molar-refractivity contribution < 1.29 is 38.9 Å². The van der Waals surface area contributed by atoms with E-state index in [1.54, 1.807) is 146 Å². The molecule has 0 aliphatic heterocycles. The van der Waals surface area contributed by atoms with Gasteiger partial charge in [-0.05, 0) is 120 Å². The monoisotopic (exact) mass is 1010 g/mol. The van der Waals surface area contributed by atoms with Crippen molar-refractivity contribution in [2.75, 3.05) is 35.5 Å². The Hall–Kier alpha value is -10.2. The van der Waals surface area contributed by atoms with Crippen LogP contribution >= 0.6 is 0 Å². The second-order valence-electron chi connectivity index (χ2n) is 17.3. The Morgan fingerprint density at radius 3 is 1.17 bits per heavy atom. The lowest BCUT2D eigenvalue weighted by Gasteiger charge is -2.18. The molecule has 0 aromatic heterocycles. The van der Waals surface area contributed by atoms with E-state index < -0.39 is 35.1 Å². The van der Waals surface area contributed by atoms with Gasteiger partial charge in [-0.15, -0.1) is 10.2 Å². The number of anilines is 4. The van der Waals surface area contributed by atoms with Crippen LogP contribution in [0.5, 0.6) is 23.0 Å². The average Bonchev–Trinajstić information content (AvgIpc) is 3.46. The van der Waals surface area contributed by atoms with E-state index in [-0.39, 0.29) is 45.0 Å². The molecule has 6 N–H and O–H groups in total. The molecule has 9 aromatic rings. The highest BCUT2D eigenvalue weighted by Crippen LogP contribution is 2.42. The van der Waals surface area contributed by atoms with Crippen LogP contribution in [0.3, 0.4) is 0 Å². The number of benzene rings is 9. The molecule has 76 heavy (non-hydrogen) atoms. The third kappa shape index (κ3) is 10.9. The summed E-state index contributed by atoms with van der Waals surface area (Å²) in [5.74, 6) is -2.28. The van der Waals surface area contributed by atoms with Gasteiger partial charge < -0.3 is 41.0 Å². The van der Waals surface area contributed by atoms with Crippen molar-refractivity contribution in [3.63, 3.8) is 0 Å². The number of amides is 4. The Morgan fingerprint density at radius 2 is 0.789 bits per heavy atom. The zero-order valence-corrected chi connectivity index (χ0v) is 41.7. The second kappa shape index (κ2) is 22.7. The molecule has 0 saturated heterocycles. The highest BCUT2D eigenvalue weighted by Gasteiger charge is 2.24. The number of aromatic hydroxyl groups is 2. The van der Waals surface area contributed by atoms with E-state index in [0.717, 1.165) is 0 Å². The molecule has 9 rings (SSSR count). The number of carbonyl (C=O) groups is 4. The molecule has 0 atom stereocenters. The Balaban J connectivity index is 0.976. The number of ether oxygens (including phenoxy) is 2. The molecule has 0 heterocycles. The van der Waals surface area contributed by atoms with Crippen LogP contribution in [0.2, 0.25) is 0 Å². The number of phenolic OH excluding ortho intramolecular Hbond substituents is 2. The minimum atomic E-state index is -0.623. The summed E-state index contributed by atoms with van der Waals surface area (Å²) in [5.41, 5.74) is 4.37. The van der Waals surface area contributed by atoms with E-state index in [1.807, 2.05) is 26.0 Å². The van der Waals surface area contributed by atoms with Crippen LogP contribution in [-0.2, 0) is 12.8 Å². The maximum Gasteiger partial charge on any atom is 0.259 e. The van der Waals surface area contributed by atoms with E-state index in [4.69, 9.17) is 9.47 Å². The molecule has 4 amide bonds. The maximum atomic E-state index is 14.3. The number of nitrogens with zero attached hydrogens (tertiary/aromatic N) is 4. The number of phenols is 2. The third-order valence-electron chi connectivity index (χ3n) is 12.5. The topological polar surface area (TPSA) is 225 Å². The number of hydrogen-bond donors (Lipinski definition) is 6. The van der Waals surface area contributed by atoms with Gasteiger partial charge in [0.25, 0.3) is 23.6 Å². The van der Waals surface area contributed by atoms with E-state index in [9.17, 15) is 29.4 Å². The summed E-state index contributed by atoms with van der Waals surface area (Å²) in [5, 5.41) is 55.2. The van der Waals surface area contributed by atoms with Crippen LogP contribution in [-0.4, -0.2) is 48.1 Å². The van der Waals surface area contributed by atoms with Crippen LogP contribution in [0.15, 0.2) is 190 Å². The lowest BCUT2D eigenvalue weighted by Crippen LogP contribution is -2.16. The highest BCUT2D eigenvalue weighted by atomic mass is 16.5. The van der Waals surface area contributed by atoms with E-state index in [1.165, 1.54) is 26.4 Å². The van der Waals surface area contributed by atoms with Gasteiger partial charge in [-0.2, -0.15) is 10.2 Å². The van der Waals surface area contributed by atoms with Gasteiger partial charge in [0.2, 0.25) is 0 Å². The SMILES string of the molecule is CCc1cc(NC(=O)c2cc3ccccc3c(N=Nc3ccc(OC)c(C(=O)Nc4ccccc4)c3)c2O)c(CC)cc1NC(=O)c1cc2ccccc2c(N=Nc2ccc(OC)c(C(=O)Nc3ccccc3)c2)c1O. The fourth-order valence-corrected chi connectivity index (χ4v) is 8.60. The van der Waals surface area contributed by atoms with Crippen molar-refractivity contribution in [1.29, 1.82) is 0 Å². The van der Waals surface area contributed by atoms with Gasteiger partial charge in [-0.1, -0.05) is 98.8 Å². The maximum absolute atomic E-state index is 14.3. The van der Waals surface area contributed by atoms with Gasteiger partial charge in [0.1, 0.15) is 22.9 Å². The van der Waals surface area contributed by atoms with Gasteiger partial charge in [0, 0.05) is 33.5 Å². The van der Waals surface area contributed by atoms with E-state index in [0.29, 0.717) is 79.8 Å². The predicted molar refractivity (Wildman–Crippen MR) is 295 cm³/mol.